The van der Waals surface area contributed by atoms with Gasteiger partial charge in [-0.2, -0.15) is 23.5 Å². The Balaban J connectivity index is -0.000000139. The van der Waals surface area contributed by atoms with Gasteiger partial charge in [-0.05, 0) is 42.0 Å². The van der Waals surface area contributed by atoms with Crippen molar-refractivity contribution in [2.45, 2.75) is 26.7 Å². The molecule has 0 aliphatic rings. The highest BCUT2D eigenvalue weighted by Gasteiger charge is 1.93. The Morgan fingerprint density at radius 3 is 1.73 bits per heavy atom. The van der Waals surface area contributed by atoms with Gasteiger partial charge >= 0.3 is 5.97 Å². The number of aliphatic hydroxyl groups is 1. The molecule has 0 atom stereocenters. The van der Waals surface area contributed by atoms with Crippen molar-refractivity contribution in [1.82, 2.24) is 0 Å². The van der Waals surface area contributed by atoms with E-state index in [4.69, 9.17) is 44.6 Å². The van der Waals surface area contributed by atoms with Crippen molar-refractivity contribution in [2.75, 3.05) is 41.6 Å². The summed E-state index contributed by atoms with van der Waals surface area (Å²) in [4.78, 5) is 20.0. The average molecular weight is 470 g/mol. The number of allylic oxidation sites excluding steroid dienone is 1. The third-order valence-electron chi connectivity index (χ3n) is 1.73. The number of halogens is 3. The molecular formula is C17H31Cl3O4S2. The normalized spacial score (nSPS) is 8.38. The number of alkyl halides is 2. The van der Waals surface area contributed by atoms with Crippen molar-refractivity contribution in [1.29, 1.82) is 0 Å². The highest BCUT2D eigenvalue weighted by Crippen LogP contribution is 2.01. The second-order valence-electron chi connectivity index (χ2n) is 3.93. The number of carbonyl (C=O) groups is 2. The SMILES string of the molecule is C=CC(=O)Cl.C=CC(=O)OCCSCCC.CCCSCCO.ClCCl. The Kier molecular flexibility index (Phi) is 46.8. The molecule has 0 heterocycles. The first-order valence-electron chi connectivity index (χ1n) is 7.90. The topological polar surface area (TPSA) is 63.6 Å². The van der Waals surface area contributed by atoms with Crippen LogP contribution in [0.4, 0.5) is 0 Å². The van der Waals surface area contributed by atoms with Crippen molar-refractivity contribution < 1.29 is 19.4 Å². The van der Waals surface area contributed by atoms with Crippen molar-refractivity contribution in [2.24, 2.45) is 0 Å². The summed E-state index contributed by atoms with van der Waals surface area (Å²) in [5, 5.41) is 7.96. The van der Waals surface area contributed by atoms with Crippen LogP contribution in [0, 0.1) is 0 Å². The molecule has 0 aromatic heterocycles. The largest absolute Gasteiger partial charge is 0.462 e. The van der Waals surface area contributed by atoms with Gasteiger partial charge in [-0.1, -0.05) is 27.0 Å². The zero-order chi connectivity index (χ0) is 21.1. The molecule has 1 N–H and O–H groups in total. The molecule has 0 amide bonds. The number of hydrogen-bond acceptors (Lipinski definition) is 6. The van der Waals surface area contributed by atoms with Gasteiger partial charge in [-0.3, -0.25) is 4.79 Å². The third kappa shape index (κ3) is 56.4. The molecule has 26 heavy (non-hydrogen) atoms. The van der Waals surface area contributed by atoms with Gasteiger partial charge in [0, 0.05) is 17.6 Å². The average Bonchev–Trinajstić information content (AvgIpc) is 2.63. The van der Waals surface area contributed by atoms with Crippen LogP contribution in [0.2, 0.25) is 0 Å². The molecule has 0 unspecified atom stereocenters. The summed E-state index contributed by atoms with van der Waals surface area (Å²) in [6.45, 7) is 11.5. The van der Waals surface area contributed by atoms with Gasteiger partial charge in [0.2, 0.25) is 5.24 Å². The maximum absolute atomic E-state index is 10.5. The van der Waals surface area contributed by atoms with Gasteiger partial charge in [-0.25, -0.2) is 4.79 Å². The number of rotatable bonds is 11. The van der Waals surface area contributed by atoms with E-state index in [1.807, 2.05) is 0 Å². The Morgan fingerprint density at radius 1 is 1.00 bits per heavy atom. The standard InChI is InChI=1S/C8H14O2S.C5H12OS.C3H3ClO.CH2Cl2/c1-3-6-11-7-5-10-8(9)4-2;1-2-4-7-5-3-6;1-2-3(4)5;2-1-3/h4H,2-3,5-7H2,1H3;6H,2-5H2,1H3;2H,1H2;1H2. The lowest BCUT2D eigenvalue weighted by atomic mass is 10.6. The van der Waals surface area contributed by atoms with Gasteiger partial charge in [-0.15, -0.1) is 23.2 Å². The Labute approximate surface area is 182 Å². The van der Waals surface area contributed by atoms with E-state index in [0.717, 1.165) is 23.3 Å². The second-order valence-corrected chi connectivity index (χ2v) is 7.56. The minimum atomic E-state index is -0.509. The summed E-state index contributed by atoms with van der Waals surface area (Å²) in [6.07, 6.45) is 4.61. The van der Waals surface area contributed by atoms with Crippen molar-refractivity contribution >= 4 is 69.5 Å². The number of aliphatic hydroxyl groups excluding tert-OH is 1. The molecule has 0 saturated carbocycles. The van der Waals surface area contributed by atoms with E-state index in [1.165, 1.54) is 24.7 Å². The molecule has 0 spiro atoms. The van der Waals surface area contributed by atoms with Gasteiger partial charge < -0.3 is 9.84 Å². The fraction of sp³-hybridized carbons (Fsp3) is 0.647. The van der Waals surface area contributed by atoms with Crippen molar-refractivity contribution in [3.8, 4) is 0 Å². The quantitative estimate of drug-likeness (QED) is 0.145. The van der Waals surface area contributed by atoms with E-state index in [2.05, 4.69) is 27.0 Å². The van der Waals surface area contributed by atoms with Crippen LogP contribution in [-0.4, -0.2) is 57.9 Å². The number of esters is 1. The van der Waals surface area contributed by atoms with Crippen molar-refractivity contribution in [3.05, 3.63) is 25.3 Å². The summed E-state index contributed by atoms with van der Waals surface area (Å²) in [5.41, 5.74) is 0. The minimum Gasteiger partial charge on any atom is -0.462 e. The van der Waals surface area contributed by atoms with Gasteiger partial charge in [0.05, 0.1) is 11.9 Å². The molecule has 0 fully saturated rings. The number of hydrogen-bond donors (Lipinski definition) is 1. The van der Waals surface area contributed by atoms with E-state index in [9.17, 15) is 9.59 Å². The molecule has 0 rings (SSSR count). The maximum atomic E-state index is 10.5. The van der Waals surface area contributed by atoms with Crippen molar-refractivity contribution in [3.63, 3.8) is 0 Å². The number of thioether (sulfide) groups is 2. The summed E-state index contributed by atoms with van der Waals surface area (Å²) in [6, 6.07) is 0. The molecule has 0 saturated heterocycles. The van der Waals surface area contributed by atoms with E-state index < -0.39 is 5.24 Å². The second kappa shape index (κ2) is 36.1. The molecule has 0 aliphatic heterocycles. The minimum absolute atomic E-state index is 0.194. The lowest BCUT2D eigenvalue weighted by molar-refractivity contribution is -0.137. The molecule has 0 bridgehead atoms. The van der Waals surface area contributed by atoms with Crippen LogP contribution in [0.25, 0.3) is 0 Å². The molecule has 0 aliphatic carbocycles. The van der Waals surface area contributed by atoms with Crippen LogP contribution >= 0.6 is 58.3 Å². The predicted octanol–water partition coefficient (Wildman–Crippen LogP) is 5.34. The Bertz CT molecular complexity index is 316. The Hall–Kier alpha value is 0.150. The van der Waals surface area contributed by atoms with Gasteiger partial charge in [0.25, 0.3) is 0 Å². The van der Waals surface area contributed by atoms with Crippen LogP contribution in [0.1, 0.15) is 26.7 Å². The molecule has 156 valence electrons. The first kappa shape index (κ1) is 33.7. The zero-order valence-corrected chi connectivity index (χ0v) is 19.5. The van der Waals surface area contributed by atoms with Crippen LogP contribution in [0.3, 0.4) is 0 Å². The summed E-state index contributed by atoms with van der Waals surface area (Å²) in [5.74, 6) is 3.76. The molecule has 0 aromatic rings. The zero-order valence-electron chi connectivity index (χ0n) is 15.6. The van der Waals surface area contributed by atoms with Crippen LogP contribution in [0.5, 0.6) is 0 Å². The first-order chi connectivity index (χ1) is 12.4. The van der Waals surface area contributed by atoms with E-state index in [-0.39, 0.29) is 11.3 Å². The summed E-state index contributed by atoms with van der Waals surface area (Å²) >= 11 is 17.8. The number of ether oxygens (including phenoxy) is 1. The van der Waals surface area contributed by atoms with Gasteiger partial charge in [0.15, 0.2) is 0 Å². The van der Waals surface area contributed by atoms with Crippen LogP contribution < -0.4 is 0 Å². The van der Waals surface area contributed by atoms with E-state index in [0.29, 0.717) is 13.2 Å². The maximum Gasteiger partial charge on any atom is 0.330 e. The number of carbonyl (C=O) groups excluding carboxylic acids is 2. The predicted molar refractivity (Wildman–Crippen MR) is 121 cm³/mol. The Morgan fingerprint density at radius 2 is 1.42 bits per heavy atom. The highest BCUT2D eigenvalue weighted by atomic mass is 35.5. The van der Waals surface area contributed by atoms with Gasteiger partial charge in [0.1, 0.15) is 6.61 Å². The van der Waals surface area contributed by atoms with E-state index >= 15 is 0 Å². The lowest BCUT2D eigenvalue weighted by Gasteiger charge is -1.99. The molecular weight excluding hydrogens is 439 g/mol. The van der Waals surface area contributed by atoms with Crippen LogP contribution in [0.15, 0.2) is 25.3 Å². The molecule has 9 heteroatoms. The smallest absolute Gasteiger partial charge is 0.330 e. The lowest BCUT2D eigenvalue weighted by Crippen LogP contribution is -2.03. The fourth-order valence-corrected chi connectivity index (χ4v) is 2.13. The first-order valence-corrected chi connectivity index (χ1v) is 11.7. The molecule has 4 nitrogen and oxygen atoms in total. The fourth-order valence-electron chi connectivity index (χ4n) is 0.817. The highest BCUT2D eigenvalue weighted by molar-refractivity contribution is 7.99. The van der Waals surface area contributed by atoms with E-state index in [1.54, 1.807) is 23.5 Å². The monoisotopic (exact) mass is 468 g/mol. The molecule has 0 radical (unpaired) electrons. The van der Waals surface area contributed by atoms with Crippen LogP contribution in [-0.2, 0) is 14.3 Å². The third-order valence-corrected chi connectivity index (χ3v) is 4.21. The summed E-state index contributed by atoms with van der Waals surface area (Å²) in [7, 11) is 0. The summed E-state index contributed by atoms with van der Waals surface area (Å²) < 4.78 is 4.76. The molecule has 0 aromatic carbocycles.